The molecule has 3 rings (SSSR count). The molecule has 0 atom stereocenters. The van der Waals surface area contributed by atoms with Gasteiger partial charge in [0.25, 0.3) is 0 Å². The summed E-state index contributed by atoms with van der Waals surface area (Å²) in [6.07, 6.45) is 2.83. The van der Waals surface area contributed by atoms with Crippen LogP contribution in [-0.2, 0) is 24.3 Å². The van der Waals surface area contributed by atoms with Gasteiger partial charge in [0.1, 0.15) is 0 Å². The van der Waals surface area contributed by atoms with Gasteiger partial charge in [0, 0.05) is 19.6 Å². The molecule has 1 aliphatic rings. The van der Waals surface area contributed by atoms with Gasteiger partial charge < -0.3 is 4.90 Å². The summed E-state index contributed by atoms with van der Waals surface area (Å²) in [5.41, 5.74) is 2.35. The molecular weight excluding hydrogens is 324 g/mol. The molecule has 2 heterocycles. The molecular formula is C17H22N4O2S. The molecule has 0 saturated carbocycles. The van der Waals surface area contributed by atoms with Gasteiger partial charge in [-0.3, -0.25) is 9.36 Å². The van der Waals surface area contributed by atoms with Gasteiger partial charge in [0.15, 0.2) is 5.16 Å². The van der Waals surface area contributed by atoms with E-state index in [1.54, 1.807) is 4.57 Å². The minimum Gasteiger partial charge on any atom is -0.337 e. The summed E-state index contributed by atoms with van der Waals surface area (Å²) in [4.78, 5) is 26.1. The van der Waals surface area contributed by atoms with E-state index < -0.39 is 0 Å². The molecule has 0 spiro atoms. The molecule has 0 aliphatic carbocycles. The fourth-order valence-corrected chi connectivity index (χ4v) is 3.73. The third-order valence-electron chi connectivity index (χ3n) is 4.27. The number of unbranched alkanes of at least 4 members (excludes halogenated alkanes) is 1. The number of nitrogens with zero attached hydrogens (tertiary/aromatic N) is 3. The van der Waals surface area contributed by atoms with Crippen LogP contribution in [-0.4, -0.2) is 37.9 Å². The molecule has 0 saturated heterocycles. The van der Waals surface area contributed by atoms with Crippen LogP contribution in [0.25, 0.3) is 0 Å². The van der Waals surface area contributed by atoms with E-state index >= 15 is 0 Å². The Kier molecular flexibility index (Phi) is 5.40. The maximum Gasteiger partial charge on any atom is 0.343 e. The quantitative estimate of drug-likeness (QED) is 0.813. The van der Waals surface area contributed by atoms with Crippen molar-refractivity contribution < 1.29 is 4.79 Å². The van der Waals surface area contributed by atoms with Crippen LogP contribution in [0.3, 0.4) is 0 Å². The first kappa shape index (κ1) is 16.8. The number of nitrogens with one attached hydrogen (secondary N) is 1. The predicted octanol–water partition coefficient (Wildman–Crippen LogP) is 2.05. The number of carbonyl (C=O) groups excluding carboxylic acids is 1. The van der Waals surface area contributed by atoms with Crippen molar-refractivity contribution >= 4 is 17.7 Å². The van der Waals surface area contributed by atoms with Gasteiger partial charge >= 0.3 is 5.69 Å². The van der Waals surface area contributed by atoms with Gasteiger partial charge in [-0.25, -0.2) is 9.89 Å². The number of fused-ring (bicyclic) bond motifs is 1. The number of carbonyl (C=O) groups is 1. The molecule has 6 nitrogen and oxygen atoms in total. The van der Waals surface area contributed by atoms with Crippen LogP contribution in [0.4, 0.5) is 0 Å². The Labute approximate surface area is 145 Å². The maximum absolute atomic E-state index is 12.5. The monoisotopic (exact) mass is 346 g/mol. The Morgan fingerprint density at radius 1 is 1.33 bits per heavy atom. The van der Waals surface area contributed by atoms with Crippen LogP contribution in [0.15, 0.2) is 34.2 Å². The van der Waals surface area contributed by atoms with Crippen molar-refractivity contribution in [3.8, 4) is 0 Å². The summed E-state index contributed by atoms with van der Waals surface area (Å²) in [5, 5.41) is 7.11. The molecule has 0 fully saturated rings. The summed E-state index contributed by atoms with van der Waals surface area (Å²) in [5.74, 6) is 0.394. The van der Waals surface area contributed by atoms with Crippen LogP contribution < -0.4 is 5.69 Å². The van der Waals surface area contributed by atoms with Crippen molar-refractivity contribution in [3.63, 3.8) is 0 Å². The number of thioether (sulfide) groups is 1. The summed E-state index contributed by atoms with van der Waals surface area (Å²) in [6, 6.07) is 8.26. The molecule has 7 heteroatoms. The van der Waals surface area contributed by atoms with Crippen molar-refractivity contribution in [2.45, 2.75) is 44.4 Å². The van der Waals surface area contributed by atoms with E-state index in [4.69, 9.17) is 0 Å². The summed E-state index contributed by atoms with van der Waals surface area (Å²) in [6.45, 7) is 4.13. The Bertz CT molecular complexity index is 768. The zero-order valence-corrected chi connectivity index (χ0v) is 14.6. The van der Waals surface area contributed by atoms with Crippen molar-refractivity contribution in [2.24, 2.45) is 0 Å². The average Bonchev–Trinajstić information content (AvgIpc) is 2.97. The molecule has 128 valence electrons. The second-order valence-corrected chi connectivity index (χ2v) is 6.88. The molecule has 1 aliphatic heterocycles. The van der Waals surface area contributed by atoms with Crippen LogP contribution in [0.5, 0.6) is 0 Å². The highest BCUT2D eigenvalue weighted by Crippen LogP contribution is 2.20. The normalized spacial score (nSPS) is 13.8. The van der Waals surface area contributed by atoms with E-state index in [-0.39, 0.29) is 11.6 Å². The SMILES string of the molecule is CCCCn1c(SCC(=O)N2CCc3ccccc3C2)n[nH]c1=O. The van der Waals surface area contributed by atoms with Crippen LogP contribution in [0, 0.1) is 0 Å². The van der Waals surface area contributed by atoms with E-state index in [9.17, 15) is 9.59 Å². The van der Waals surface area contributed by atoms with Crippen molar-refractivity contribution in [2.75, 3.05) is 12.3 Å². The molecule has 0 radical (unpaired) electrons. The van der Waals surface area contributed by atoms with Gasteiger partial charge in [-0.05, 0) is 24.0 Å². The first-order valence-corrected chi connectivity index (χ1v) is 9.30. The minimum atomic E-state index is -0.203. The summed E-state index contributed by atoms with van der Waals surface area (Å²) < 4.78 is 1.62. The van der Waals surface area contributed by atoms with Crippen molar-refractivity contribution in [3.05, 3.63) is 45.9 Å². The van der Waals surface area contributed by atoms with E-state index in [1.807, 2.05) is 17.0 Å². The lowest BCUT2D eigenvalue weighted by atomic mass is 10.00. The molecule has 1 amide bonds. The molecule has 1 aromatic carbocycles. The van der Waals surface area contributed by atoms with Crippen LogP contribution >= 0.6 is 11.8 Å². The average molecular weight is 346 g/mol. The largest absolute Gasteiger partial charge is 0.343 e. The fourth-order valence-electron chi connectivity index (χ4n) is 2.85. The van der Waals surface area contributed by atoms with Gasteiger partial charge in [-0.1, -0.05) is 49.4 Å². The second-order valence-electron chi connectivity index (χ2n) is 5.94. The fraction of sp³-hybridized carbons (Fsp3) is 0.471. The van der Waals surface area contributed by atoms with Crippen LogP contribution in [0.1, 0.15) is 30.9 Å². The predicted molar refractivity (Wildman–Crippen MR) is 94.0 cm³/mol. The highest BCUT2D eigenvalue weighted by Gasteiger charge is 2.21. The number of H-pyrrole nitrogens is 1. The zero-order chi connectivity index (χ0) is 16.9. The highest BCUT2D eigenvalue weighted by molar-refractivity contribution is 7.99. The Hall–Kier alpha value is -2.02. The van der Waals surface area contributed by atoms with Gasteiger partial charge in [-0.2, -0.15) is 0 Å². The Morgan fingerprint density at radius 2 is 2.12 bits per heavy atom. The molecule has 2 aromatic rings. The standard InChI is InChI=1S/C17H22N4O2S/c1-2-3-9-21-16(23)18-19-17(21)24-12-15(22)20-10-8-13-6-4-5-7-14(13)11-20/h4-7H,2-3,8-12H2,1H3,(H,18,23). The number of hydrogen-bond acceptors (Lipinski definition) is 4. The Balaban J connectivity index is 1.60. The maximum atomic E-state index is 12.5. The lowest BCUT2D eigenvalue weighted by molar-refractivity contribution is -0.129. The van der Waals surface area contributed by atoms with Crippen LogP contribution in [0.2, 0.25) is 0 Å². The smallest absolute Gasteiger partial charge is 0.337 e. The highest BCUT2D eigenvalue weighted by atomic mass is 32.2. The van der Waals surface area contributed by atoms with E-state index in [0.29, 0.717) is 24.0 Å². The van der Waals surface area contributed by atoms with Gasteiger partial charge in [0.05, 0.1) is 5.75 Å². The first-order valence-electron chi connectivity index (χ1n) is 8.31. The first-order chi connectivity index (χ1) is 11.7. The topological polar surface area (TPSA) is 71.0 Å². The number of hydrogen-bond donors (Lipinski definition) is 1. The molecule has 0 unspecified atom stereocenters. The van der Waals surface area contributed by atoms with Gasteiger partial charge in [-0.15, -0.1) is 5.10 Å². The van der Waals surface area contributed by atoms with Gasteiger partial charge in [0.2, 0.25) is 5.91 Å². The van der Waals surface area contributed by atoms with E-state index in [1.165, 1.54) is 22.9 Å². The Morgan fingerprint density at radius 3 is 2.92 bits per heavy atom. The third-order valence-corrected chi connectivity index (χ3v) is 5.23. The number of benzene rings is 1. The van der Waals surface area contributed by atoms with E-state index in [2.05, 4.69) is 29.3 Å². The zero-order valence-electron chi connectivity index (χ0n) is 13.8. The second kappa shape index (κ2) is 7.70. The summed E-state index contributed by atoms with van der Waals surface area (Å²) in [7, 11) is 0. The van der Waals surface area contributed by atoms with E-state index in [0.717, 1.165) is 25.8 Å². The van der Waals surface area contributed by atoms with Crippen molar-refractivity contribution in [1.82, 2.24) is 19.7 Å². The minimum absolute atomic E-state index is 0.0898. The number of aromatic amines is 1. The molecule has 1 N–H and O–H groups in total. The molecule has 0 bridgehead atoms. The number of aromatic nitrogens is 3. The number of amides is 1. The number of rotatable bonds is 6. The third kappa shape index (κ3) is 3.72. The molecule has 24 heavy (non-hydrogen) atoms. The van der Waals surface area contributed by atoms with Crippen molar-refractivity contribution in [1.29, 1.82) is 0 Å². The lowest BCUT2D eigenvalue weighted by Crippen LogP contribution is -2.37. The summed E-state index contributed by atoms with van der Waals surface area (Å²) >= 11 is 1.33. The lowest BCUT2D eigenvalue weighted by Gasteiger charge is -2.28. The molecule has 1 aromatic heterocycles.